The standard InChI is InChI=1S/C43H55N3O6S/c1-5-22-49-43-40(53-23-17-32-28-44-18-19-45-32)27-38(46-50-6-2)36-25-31(11-7-9-20-47)35(12-8-10-21-48)41(42(36)43)37-26-34(15-16-39(37)52-43)51-33-14-13-29(3)30(4)24-33/h5,13-16,18-19,24-26,28,31,35,40-42,47-48H,1,6-12,17,20-23,27H2,2-4H3. The molecule has 0 amide bonds. The molecule has 2 heterocycles. The quantitative estimate of drug-likeness (QED) is 0.0709. The van der Waals surface area contributed by atoms with E-state index in [2.05, 4.69) is 60.7 Å². The average Bonchev–Trinajstić information content (AvgIpc) is 3.17. The van der Waals surface area contributed by atoms with Crippen molar-refractivity contribution in [1.29, 1.82) is 0 Å². The molecule has 1 aromatic heterocycles. The lowest BCUT2D eigenvalue weighted by atomic mass is 9.56. The van der Waals surface area contributed by atoms with Crippen LogP contribution in [0.3, 0.4) is 0 Å². The summed E-state index contributed by atoms with van der Waals surface area (Å²) in [5, 5.41) is 24.3. The van der Waals surface area contributed by atoms with E-state index in [0.717, 1.165) is 90.5 Å². The molecule has 6 unspecified atom stereocenters. The fourth-order valence-electron chi connectivity index (χ4n) is 8.36. The number of nitrogens with zero attached hydrogens (tertiary/aromatic N) is 3. The van der Waals surface area contributed by atoms with Crippen LogP contribution in [0, 0.1) is 31.6 Å². The number of hydrogen-bond donors (Lipinski definition) is 2. The topological polar surface area (TPSA) is 116 Å². The van der Waals surface area contributed by atoms with Crippen molar-refractivity contribution in [3.63, 3.8) is 0 Å². The van der Waals surface area contributed by atoms with Gasteiger partial charge in [-0.1, -0.05) is 36.2 Å². The molecule has 1 saturated carbocycles. The first-order chi connectivity index (χ1) is 25.9. The van der Waals surface area contributed by atoms with Gasteiger partial charge in [-0.05, 0) is 111 Å². The van der Waals surface area contributed by atoms with E-state index in [1.165, 1.54) is 11.1 Å². The Kier molecular flexibility index (Phi) is 13.7. The monoisotopic (exact) mass is 741 g/mol. The highest BCUT2D eigenvalue weighted by molar-refractivity contribution is 8.00. The second kappa shape index (κ2) is 18.6. The van der Waals surface area contributed by atoms with Crippen molar-refractivity contribution in [1.82, 2.24) is 9.97 Å². The number of benzene rings is 2. The van der Waals surface area contributed by atoms with Crippen LogP contribution in [0.25, 0.3) is 0 Å². The molecule has 6 atom stereocenters. The Morgan fingerprint density at radius 3 is 2.55 bits per heavy atom. The van der Waals surface area contributed by atoms with Crippen LogP contribution < -0.4 is 9.47 Å². The minimum absolute atomic E-state index is 0.0000878. The zero-order valence-corrected chi connectivity index (χ0v) is 32.2. The van der Waals surface area contributed by atoms with Crippen LogP contribution in [-0.2, 0) is 16.0 Å². The van der Waals surface area contributed by atoms with Crippen molar-refractivity contribution in [2.45, 2.75) is 89.1 Å². The molecule has 53 heavy (non-hydrogen) atoms. The third kappa shape index (κ3) is 8.83. The Morgan fingerprint density at radius 1 is 1.02 bits per heavy atom. The van der Waals surface area contributed by atoms with Gasteiger partial charge in [0.05, 0.1) is 29.2 Å². The number of oxime groups is 1. The molecule has 1 aliphatic heterocycles. The van der Waals surface area contributed by atoms with Crippen molar-refractivity contribution in [3.05, 3.63) is 102 Å². The van der Waals surface area contributed by atoms with Gasteiger partial charge in [-0.15, -0.1) is 6.58 Å². The summed E-state index contributed by atoms with van der Waals surface area (Å²) < 4.78 is 20.8. The summed E-state index contributed by atoms with van der Waals surface area (Å²) in [6, 6.07) is 12.4. The van der Waals surface area contributed by atoms with Gasteiger partial charge in [0.15, 0.2) is 0 Å². The van der Waals surface area contributed by atoms with E-state index < -0.39 is 5.79 Å². The molecule has 2 aromatic carbocycles. The van der Waals surface area contributed by atoms with Gasteiger partial charge >= 0.3 is 0 Å². The molecule has 6 rings (SSSR count). The smallest absolute Gasteiger partial charge is 0.230 e. The van der Waals surface area contributed by atoms with Crippen LogP contribution in [0.2, 0.25) is 0 Å². The van der Waals surface area contributed by atoms with E-state index >= 15 is 0 Å². The molecule has 1 fully saturated rings. The van der Waals surface area contributed by atoms with E-state index in [4.69, 9.17) is 24.2 Å². The second-order valence-electron chi connectivity index (χ2n) is 14.3. The molecule has 10 heteroatoms. The fourth-order valence-corrected chi connectivity index (χ4v) is 9.74. The largest absolute Gasteiger partial charge is 0.460 e. The second-order valence-corrected chi connectivity index (χ2v) is 15.6. The van der Waals surface area contributed by atoms with E-state index in [1.807, 2.05) is 37.0 Å². The first-order valence-corrected chi connectivity index (χ1v) is 20.3. The summed E-state index contributed by atoms with van der Waals surface area (Å²) in [5.74, 6) is 2.38. The number of aliphatic hydroxyl groups excluding tert-OH is 2. The van der Waals surface area contributed by atoms with E-state index in [-0.39, 0.29) is 42.1 Å². The maximum atomic E-state index is 9.88. The minimum Gasteiger partial charge on any atom is -0.460 e. The lowest BCUT2D eigenvalue weighted by molar-refractivity contribution is -0.223. The Bertz CT molecular complexity index is 1730. The Morgan fingerprint density at radius 2 is 1.81 bits per heavy atom. The molecule has 9 nitrogen and oxygen atoms in total. The fraction of sp³-hybridized carbons (Fsp3) is 0.512. The van der Waals surface area contributed by atoms with Crippen LogP contribution in [0.15, 0.2) is 84.4 Å². The number of hydrogen-bond acceptors (Lipinski definition) is 10. The number of rotatable bonds is 19. The lowest BCUT2D eigenvalue weighted by Crippen LogP contribution is -2.64. The van der Waals surface area contributed by atoms with Crippen LogP contribution in [-0.4, -0.2) is 69.1 Å². The lowest BCUT2D eigenvalue weighted by Gasteiger charge is -2.58. The number of aliphatic hydroxyl groups is 2. The van der Waals surface area contributed by atoms with E-state index in [0.29, 0.717) is 19.6 Å². The summed E-state index contributed by atoms with van der Waals surface area (Å²) >= 11 is 1.82. The Hall–Kier alpha value is -3.70. The third-order valence-electron chi connectivity index (χ3n) is 10.9. The molecule has 2 aliphatic carbocycles. The van der Waals surface area contributed by atoms with Gasteiger partial charge < -0.3 is 29.3 Å². The predicted molar refractivity (Wildman–Crippen MR) is 211 cm³/mol. The number of ether oxygens (including phenoxy) is 3. The van der Waals surface area contributed by atoms with Crippen molar-refractivity contribution in [3.8, 4) is 17.2 Å². The summed E-state index contributed by atoms with van der Waals surface area (Å²) in [5.41, 5.74) is 6.50. The van der Waals surface area contributed by atoms with Crippen molar-refractivity contribution in [2.24, 2.45) is 22.9 Å². The van der Waals surface area contributed by atoms with Crippen LogP contribution in [0.1, 0.15) is 80.2 Å². The molecule has 0 spiro atoms. The van der Waals surface area contributed by atoms with Gasteiger partial charge in [0.1, 0.15) is 23.9 Å². The third-order valence-corrected chi connectivity index (χ3v) is 12.3. The summed E-state index contributed by atoms with van der Waals surface area (Å²) in [6.45, 7) is 11.3. The average molecular weight is 742 g/mol. The van der Waals surface area contributed by atoms with Gasteiger partial charge in [0, 0.05) is 56.1 Å². The number of aromatic nitrogens is 2. The Labute approximate surface area is 318 Å². The first kappa shape index (κ1) is 39.0. The highest BCUT2D eigenvalue weighted by atomic mass is 32.2. The molecule has 0 saturated heterocycles. The van der Waals surface area contributed by atoms with Gasteiger partial charge in [-0.2, -0.15) is 11.8 Å². The zero-order valence-electron chi connectivity index (χ0n) is 31.4. The SMILES string of the molecule is C=CCOC12Oc3ccc(Oc4ccc(C)c(C)c4)cc3C3C(CCCCO)C(CCCCO)C=C(C(=NOCC)CC1SCCc1cnccn1)C32. The van der Waals surface area contributed by atoms with Gasteiger partial charge in [0.25, 0.3) is 0 Å². The van der Waals surface area contributed by atoms with Crippen LogP contribution >= 0.6 is 11.8 Å². The van der Waals surface area contributed by atoms with E-state index in [1.54, 1.807) is 18.5 Å². The summed E-state index contributed by atoms with van der Waals surface area (Å²) in [6.07, 6.45) is 16.0. The predicted octanol–water partition coefficient (Wildman–Crippen LogP) is 8.52. The highest BCUT2D eigenvalue weighted by Crippen LogP contribution is 2.62. The number of fused-ring (bicyclic) bond motifs is 2. The molecule has 284 valence electrons. The summed E-state index contributed by atoms with van der Waals surface area (Å²) in [4.78, 5) is 14.6. The molecular formula is C43H55N3O6S. The van der Waals surface area contributed by atoms with Crippen LogP contribution in [0.4, 0.5) is 0 Å². The molecule has 0 radical (unpaired) electrons. The molecule has 3 aromatic rings. The number of unbranched alkanes of at least 4 members (excludes halogenated alkanes) is 2. The molecule has 2 N–H and O–H groups in total. The number of allylic oxidation sites excluding steroid dienone is 1. The normalized spacial score (nSPS) is 25.2. The Balaban J connectivity index is 1.50. The van der Waals surface area contributed by atoms with Crippen LogP contribution in [0.5, 0.6) is 17.2 Å². The summed E-state index contributed by atoms with van der Waals surface area (Å²) in [7, 11) is 0. The zero-order chi connectivity index (χ0) is 37.2. The molecular weight excluding hydrogens is 687 g/mol. The van der Waals surface area contributed by atoms with Crippen molar-refractivity contribution in [2.75, 3.05) is 32.2 Å². The highest BCUT2D eigenvalue weighted by Gasteiger charge is 2.64. The first-order valence-electron chi connectivity index (χ1n) is 19.2. The molecule has 3 aliphatic rings. The minimum atomic E-state index is -1.02. The number of thioether (sulfide) groups is 1. The van der Waals surface area contributed by atoms with Gasteiger partial charge in [-0.3, -0.25) is 9.97 Å². The number of aryl methyl sites for hydroxylation is 3. The van der Waals surface area contributed by atoms with Crippen molar-refractivity contribution < 1.29 is 29.3 Å². The van der Waals surface area contributed by atoms with Gasteiger partial charge in [0.2, 0.25) is 5.79 Å². The van der Waals surface area contributed by atoms with E-state index in [9.17, 15) is 10.2 Å². The maximum Gasteiger partial charge on any atom is 0.230 e. The molecule has 0 bridgehead atoms. The van der Waals surface area contributed by atoms with Crippen molar-refractivity contribution >= 4 is 17.5 Å². The van der Waals surface area contributed by atoms with Gasteiger partial charge in [-0.25, -0.2) is 0 Å². The maximum absolute atomic E-state index is 9.88.